The van der Waals surface area contributed by atoms with Crippen molar-refractivity contribution < 1.29 is 4.74 Å². The Morgan fingerprint density at radius 2 is 2.12 bits per heavy atom. The Labute approximate surface area is 149 Å². The largest absolute Gasteiger partial charge is 0.489 e. The van der Waals surface area contributed by atoms with Crippen molar-refractivity contribution in [2.45, 2.75) is 26.5 Å². The minimum Gasteiger partial charge on any atom is -0.489 e. The molecule has 132 valence electrons. The maximum absolute atomic E-state index is 6.38. The van der Waals surface area contributed by atoms with Gasteiger partial charge in [0.2, 0.25) is 0 Å². The summed E-state index contributed by atoms with van der Waals surface area (Å²) in [5.74, 6) is 0.707. The second kappa shape index (κ2) is 8.51. The van der Waals surface area contributed by atoms with E-state index in [1.54, 1.807) is 0 Å². The summed E-state index contributed by atoms with van der Waals surface area (Å²) < 4.78 is 7.56. The van der Waals surface area contributed by atoms with Crippen molar-refractivity contribution in [3.63, 3.8) is 0 Å². The third kappa shape index (κ3) is 4.97. The summed E-state index contributed by atoms with van der Waals surface area (Å²) in [6, 6.07) is 5.86. The molecule has 6 heteroatoms. The van der Waals surface area contributed by atoms with Crippen molar-refractivity contribution in [3.05, 3.63) is 35.0 Å². The summed E-state index contributed by atoms with van der Waals surface area (Å²) in [6.07, 6.45) is 2.16. The molecule has 24 heavy (non-hydrogen) atoms. The van der Waals surface area contributed by atoms with Gasteiger partial charge in [0.15, 0.2) is 0 Å². The molecule has 1 aromatic carbocycles. The molecular formula is C18H27ClN4O. The number of aryl methyl sites for hydroxylation is 1. The maximum atomic E-state index is 6.38. The molecule has 0 saturated carbocycles. The number of rotatable bonds is 8. The van der Waals surface area contributed by atoms with Crippen LogP contribution < -0.4 is 10.1 Å². The van der Waals surface area contributed by atoms with E-state index in [1.165, 1.54) is 5.56 Å². The van der Waals surface area contributed by atoms with Crippen molar-refractivity contribution in [3.8, 4) is 17.0 Å². The van der Waals surface area contributed by atoms with Gasteiger partial charge in [-0.3, -0.25) is 4.68 Å². The minimum atomic E-state index is 0.0968. The number of aromatic nitrogens is 2. The van der Waals surface area contributed by atoms with Crippen LogP contribution in [0.2, 0.25) is 5.02 Å². The van der Waals surface area contributed by atoms with Gasteiger partial charge in [0.1, 0.15) is 5.75 Å². The van der Waals surface area contributed by atoms with Gasteiger partial charge < -0.3 is 15.0 Å². The SMILES string of the molecule is CNCCN(C)Cc1cn(C)nc1-c1ccc(OC(C)C)c(Cl)c1. The second-order valence-electron chi connectivity index (χ2n) is 6.33. The van der Waals surface area contributed by atoms with E-state index in [2.05, 4.69) is 28.6 Å². The summed E-state index contributed by atoms with van der Waals surface area (Å²) in [6.45, 7) is 6.75. The quantitative estimate of drug-likeness (QED) is 0.794. The van der Waals surface area contributed by atoms with Gasteiger partial charge in [-0.1, -0.05) is 11.6 Å². The molecule has 0 radical (unpaired) electrons. The lowest BCUT2D eigenvalue weighted by molar-refractivity contribution is 0.242. The highest BCUT2D eigenvalue weighted by atomic mass is 35.5. The van der Waals surface area contributed by atoms with Crippen LogP contribution in [-0.2, 0) is 13.6 Å². The molecule has 0 saturated heterocycles. The zero-order valence-electron chi connectivity index (χ0n) is 15.1. The smallest absolute Gasteiger partial charge is 0.138 e. The molecule has 0 aliphatic heterocycles. The van der Waals surface area contributed by atoms with Gasteiger partial charge in [0.05, 0.1) is 16.8 Å². The monoisotopic (exact) mass is 350 g/mol. The average molecular weight is 351 g/mol. The van der Waals surface area contributed by atoms with Crippen LogP contribution in [-0.4, -0.2) is 48.0 Å². The maximum Gasteiger partial charge on any atom is 0.138 e. The first-order valence-electron chi connectivity index (χ1n) is 8.23. The fourth-order valence-electron chi connectivity index (χ4n) is 2.57. The first-order chi connectivity index (χ1) is 11.4. The normalized spacial score (nSPS) is 11.5. The number of ether oxygens (including phenoxy) is 1. The third-order valence-corrected chi connectivity index (χ3v) is 3.95. The van der Waals surface area contributed by atoms with Crippen molar-refractivity contribution >= 4 is 11.6 Å². The van der Waals surface area contributed by atoms with E-state index in [1.807, 2.05) is 50.8 Å². The summed E-state index contributed by atoms with van der Waals surface area (Å²) >= 11 is 6.38. The first-order valence-corrected chi connectivity index (χ1v) is 8.60. The highest BCUT2D eigenvalue weighted by Crippen LogP contribution is 2.32. The molecule has 2 aromatic rings. The van der Waals surface area contributed by atoms with Crippen LogP contribution in [0.15, 0.2) is 24.4 Å². The standard InChI is InChI=1S/C18H27ClN4O/c1-13(2)24-17-7-6-14(10-16(17)19)18-15(12-23(5)21-18)11-22(4)9-8-20-3/h6-7,10,12-13,20H,8-9,11H2,1-5H3. The number of nitrogens with zero attached hydrogens (tertiary/aromatic N) is 3. The van der Waals surface area contributed by atoms with Gasteiger partial charge in [0.25, 0.3) is 0 Å². The second-order valence-corrected chi connectivity index (χ2v) is 6.74. The molecule has 0 atom stereocenters. The Kier molecular flexibility index (Phi) is 6.66. The predicted octanol–water partition coefficient (Wildman–Crippen LogP) is 3.18. The number of likely N-dealkylation sites (N-methyl/N-ethyl adjacent to an activating group) is 2. The van der Waals surface area contributed by atoms with E-state index in [-0.39, 0.29) is 6.10 Å². The van der Waals surface area contributed by atoms with Gasteiger partial charge in [-0.15, -0.1) is 0 Å². The van der Waals surface area contributed by atoms with Gasteiger partial charge in [-0.2, -0.15) is 5.10 Å². The molecule has 1 aromatic heterocycles. The van der Waals surface area contributed by atoms with Crippen LogP contribution in [0.1, 0.15) is 19.4 Å². The highest BCUT2D eigenvalue weighted by Gasteiger charge is 2.14. The fourth-order valence-corrected chi connectivity index (χ4v) is 2.79. The molecule has 0 amide bonds. The molecule has 1 N–H and O–H groups in total. The lowest BCUT2D eigenvalue weighted by atomic mass is 10.1. The molecule has 0 aliphatic rings. The summed E-state index contributed by atoms with van der Waals surface area (Å²) in [7, 11) is 6.02. The van der Waals surface area contributed by atoms with Gasteiger partial charge in [-0.05, 0) is 46.1 Å². The van der Waals surface area contributed by atoms with Crippen molar-refractivity contribution in [2.75, 3.05) is 27.2 Å². The van der Waals surface area contributed by atoms with Crippen LogP contribution >= 0.6 is 11.6 Å². The minimum absolute atomic E-state index is 0.0968. The van der Waals surface area contributed by atoms with E-state index in [0.29, 0.717) is 10.8 Å². The third-order valence-electron chi connectivity index (χ3n) is 3.66. The summed E-state index contributed by atoms with van der Waals surface area (Å²) in [5.41, 5.74) is 3.16. The molecule has 5 nitrogen and oxygen atoms in total. The molecule has 0 bridgehead atoms. The van der Waals surface area contributed by atoms with E-state index < -0.39 is 0 Å². The number of halogens is 1. The summed E-state index contributed by atoms with van der Waals surface area (Å²) in [5, 5.41) is 8.40. The lowest BCUT2D eigenvalue weighted by Gasteiger charge is -2.16. The Hall–Kier alpha value is -1.56. The zero-order chi connectivity index (χ0) is 17.7. The molecule has 0 fully saturated rings. The number of hydrogen-bond donors (Lipinski definition) is 1. The van der Waals surface area contributed by atoms with Gasteiger partial charge in [-0.25, -0.2) is 0 Å². The van der Waals surface area contributed by atoms with Crippen molar-refractivity contribution in [1.82, 2.24) is 20.0 Å². The molecule has 0 spiro atoms. The number of benzene rings is 1. The molecule has 2 rings (SSSR count). The first kappa shape index (κ1) is 18.8. The number of nitrogens with one attached hydrogen (secondary N) is 1. The van der Waals surface area contributed by atoms with E-state index >= 15 is 0 Å². The highest BCUT2D eigenvalue weighted by molar-refractivity contribution is 6.32. The van der Waals surface area contributed by atoms with Crippen LogP contribution in [0, 0.1) is 0 Å². The van der Waals surface area contributed by atoms with E-state index in [9.17, 15) is 0 Å². The summed E-state index contributed by atoms with van der Waals surface area (Å²) in [4.78, 5) is 2.27. The van der Waals surface area contributed by atoms with Crippen molar-refractivity contribution in [2.24, 2.45) is 7.05 Å². The predicted molar refractivity (Wildman–Crippen MR) is 99.7 cm³/mol. The number of hydrogen-bond acceptors (Lipinski definition) is 4. The molecule has 0 unspecified atom stereocenters. The molecule has 1 heterocycles. The Morgan fingerprint density at radius 3 is 2.75 bits per heavy atom. The Bertz CT molecular complexity index is 669. The van der Waals surface area contributed by atoms with Crippen LogP contribution in [0.5, 0.6) is 5.75 Å². The van der Waals surface area contributed by atoms with Crippen LogP contribution in [0.25, 0.3) is 11.3 Å². The van der Waals surface area contributed by atoms with E-state index in [0.717, 1.165) is 30.9 Å². The average Bonchev–Trinajstić information content (AvgIpc) is 2.87. The molecular weight excluding hydrogens is 324 g/mol. The lowest BCUT2D eigenvalue weighted by Crippen LogP contribution is -2.27. The zero-order valence-corrected chi connectivity index (χ0v) is 15.9. The Balaban J connectivity index is 2.24. The van der Waals surface area contributed by atoms with Crippen LogP contribution in [0.4, 0.5) is 0 Å². The van der Waals surface area contributed by atoms with Gasteiger partial charge >= 0.3 is 0 Å². The topological polar surface area (TPSA) is 42.3 Å². The Morgan fingerprint density at radius 1 is 1.38 bits per heavy atom. The molecule has 0 aliphatic carbocycles. The van der Waals surface area contributed by atoms with Gasteiger partial charge in [0, 0.05) is 44.0 Å². The van der Waals surface area contributed by atoms with Crippen molar-refractivity contribution in [1.29, 1.82) is 0 Å². The fraction of sp³-hybridized carbons (Fsp3) is 0.500. The van der Waals surface area contributed by atoms with Crippen LogP contribution in [0.3, 0.4) is 0 Å². The van der Waals surface area contributed by atoms with E-state index in [4.69, 9.17) is 16.3 Å².